The molecule has 0 aliphatic heterocycles. The first-order valence-corrected chi connectivity index (χ1v) is 9.30. The first-order valence-electron chi connectivity index (χ1n) is 8.26. The summed E-state index contributed by atoms with van der Waals surface area (Å²) < 4.78 is 30.4. The summed E-state index contributed by atoms with van der Waals surface area (Å²) in [5.74, 6) is 0. The second-order valence-corrected chi connectivity index (χ2v) is 6.50. The van der Waals surface area contributed by atoms with Gasteiger partial charge in [-0.25, -0.2) is 4.79 Å². The maximum atomic E-state index is 10.8. The van der Waals surface area contributed by atoms with E-state index in [-0.39, 0.29) is 11.5 Å². The minimum atomic E-state index is -2.31. The van der Waals surface area contributed by atoms with Gasteiger partial charge in [0.25, 0.3) is 0 Å². The van der Waals surface area contributed by atoms with Crippen molar-refractivity contribution in [2.24, 2.45) is 4.36 Å². The third kappa shape index (κ3) is 6.93. The Bertz CT molecular complexity index is 700. The van der Waals surface area contributed by atoms with Crippen LogP contribution in [0.5, 0.6) is 0 Å². The van der Waals surface area contributed by atoms with Crippen LogP contribution < -0.4 is 10.6 Å². The zero-order chi connectivity index (χ0) is 19.4. The Balaban J connectivity index is 0.000000412. The molecule has 0 spiro atoms. The molecule has 26 heavy (non-hydrogen) atoms. The number of rotatable bonds is 8. The fourth-order valence-corrected chi connectivity index (χ4v) is 3.32. The molecule has 1 aliphatic rings. The number of carbonyl (C=O) groups excluding carboxylic acids is 2. The quantitative estimate of drug-likeness (QED) is 0.523. The van der Waals surface area contributed by atoms with Crippen molar-refractivity contribution >= 4 is 22.9 Å². The molecule has 0 saturated heterocycles. The van der Waals surface area contributed by atoms with E-state index < -0.39 is 16.5 Å². The molecule has 1 fully saturated rings. The summed E-state index contributed by atoms with van der Waals surface area (Å²) in [5, 5.41) is 4.05. The minimum absolute atomic E-state index is 0.0743. The number of methoxy groups -OCH3 is 1. The molecular weight excluding hydrogens is 358 g/mol. The van der Waals surface area contributed by atoms with Gasteiger partial charge in [-0.3, -0.25) is 10.1 Å². The first kappa shape index (κ1) is 21.8. The summed E-state index contributed by atoms with van der Waals surface area (Å²) in [4.78, 5) is 19.4. The van der Waals surface area contributed by atoms with Crippen molar-refractivity contribution in [2.75, 3.05) is 20.8 Å². The lowest BCUT2D eigenvalue weighted by Gasteiger charge is -2.16. The molecule has 2 atom stereocenters. The number of imide groups is 1. The second-order valence-electron chi connectivity index (χ2n) is 5.86. The Morgan fingerprint density at radius 2 is 2.04 bits per heavy atom. The first-order chi connectivity index (χ1) is 12.5. The highest BCUT2D eigenvalue weighted by Gasteiger charge is 2.55. The van der Waals surface area contributed by atoms with Crippen molar-refractivity contribution < 1.29 is 22.7 Å². The summed E-state index contributed by atoms with van der Waals surface area (Å²) in [5.41, 5.74) is 1.13. The molecule has 0 radical (unpaired) electrons. The summed E-state index contributed by atoms with van der Waals surface area (Å²) >= 11 is 0. The molecule has 2 rings (SSSR count). The van der Waals surface area contributed by atoms with E-state index in [0.29, 0.717) is 6.41 Å². The van der Waals surface area contributed by atoms with E-state index in [1.54, 1.807) is 7.11 Å². The molecule has 9 heteroatoms. The molecule has 1 aromatic rings. The number of amides is 3. The zero-order valence-electron chi connectivity index (χ0n) is 15.0. The molecule has 0 heterocycles. The van der Waals surface area contributed by atoms with Crippen LogP contribution in [0.3, 0.4) is 0 Å². The monoisotopic (exact) mass is 383 g/mol. The average molecular weight is 383 g/mol. The Labute approximate surface area is 155 Å². The highest BCUT2D eigenvalue weighted by Crippen LogP contribution is 2.54. The fraction of sp³-hybridized carbons (Fsp3) is 0.529. The van der Waals surface area contributed by atoms with Gasteiger partial charge in [-0.05, 0) is 24.8 Å². The van der Waals surface area contributed by atoms with E-state index in [9.17, 15) is 18.0 Å². The Morgan fingerprint density at radius 3 is 2.54 bits per heavy atom. The van der Waals surface area contributed by atoms with Crippen molar-refractivity contribution in [3.63, 3.8) is 0 Å². The highest BCUT2D eigenvalue weighted by molar-refractivity contribution is 7.61. The third-order valence-electron chi connectivity index (χ3n) is 4.24. The van der Waals surface area contributed by atoms with Gasteiger partial charge in [0.1, 0.15) is 0 Å². The van der Waals surface area contributed by atoms with Crippen LogP contribution >= 0.6 is 0 Å². The normalized spacial score (nSPS) is 20.2. The van der Waals surface area contributed by atoms with Gasteiger partial charge < -0.3 is 10.1 Å². The van der Waals surface area contributed by atoms with Crippen molar-refractivity contribution in [3.8, 4) is 0 Å². The van der Waals surface area contributed by atoms with Crippen LogP contribution in [-0.4, -0.2) is 47.7 Å². The lowest BCUT2D eigenvalue weighted by atomic mass is 9.89. The van der Waals surface area contributed by atoms with Crippen molar-refractivity contribution in [3.05, 3.63) is 35.9 Å². The molecule has 3 amide bonds. The number of unbranched alkanes of at least 4 members (excludes halogenated alkanes) is 1. The van der Waals surface area contributed by atoms with Crippen LogP contribution in [-0.2, 0) is 25.4 Å². The standard InChI is InChI=1S/C14H19NO3S.C3H6N2O2/c1-18-10-6-5-9-14(11-13(14)15-19(16)17)12-7-3-2-4-8-12;1-4-3(7)5-2-6/h2-4,7-8,13H,5-6,9-11H2,1H3;2H,1H3,(H2,4,5,6,7). The molecule has 2 unspecified atom stereocenters. The lowest BCUT2D eigenvalue weighted by Crippen LogP contribution is -2.31. The van der Waals surface area contributed by atoms with Gasteiger partial charge in [0, 0.05) is 26.2 Å². The van der Waals surface area contributed by atoms with Gasteiger partial charge in [-0.15, -0.1) is 0 Å². The van der Waals surface area contributed by atoms with E-state index in [4.69, 9.17) is 4.74 Å². The fourth-order valence-electron chi connectivity index (χ4n) is 2.83. The Kier molecular flexibility index (Phi) is 9.53. The Morgan fingerprint density at radius 1 is 1.35 bits per heavy atom. The maximum Gasteiger partial charge on any atom is 0.320 e. The number of hydrogen-bond acceptors (Lipinski definition) is 6. The van der Waals surface area contributed by atoms with Crippen molar-refractivity contribution in [2.45, 2.75) is 37.1 Å². The van der Waals surface area contributed by atoms with E-state index in [1.165, 1.54) is 12.6 Å². The highest BCUT2D eigenvalue weighted by atomic mass is 32.2. The predicted molar refractivity (Wildman–Crippen MR) is 97.3 cm³/mol. The smallest absolute Gasteiger partial charge is 0.320 e. The van der Waals surface area contributed by atoms with E-state index in [1.807, 2.05) is 23.5 Å². The number of ether oxygens (including phenoxy) is 1. The number of benzene rings is 1. The summed E-state index contributed by atoms with van der Waals surface area (Å²) in [6, 6.07) is 9.53. The van der Waals surface area contributed by atoms with E-state index in [0.717, 1.165) is 32.3 Å². The van der Waals surface area contributed by atoms with E-state index >= 15 is 0 Å². The van der Waals surface area contributed by atoms with Crippen molar-refractivity contribution in [1.29, 1.82) is 0 Å². The third-order valence-corrected chi connectivity index (χ3v) is 4.66. The van der Waals surface area contributed by atoms with Crippen LogP contribution in [0, 0.1) is 0 Å². The number of urea groups is 1. The van der Waals surface area contributed by atoms with Crippen LogP contribution in [0.4, 0.5) is 4.79 Å². The number of nitrogens with zero attached hydrogens (tertiary/aromatic N) is 1. The summed E-state index contributed by atoms with van der Waals surface area (Å²) in [7, 11) is 0.814. The van der Waals surface area contributed by atoms with Gasteiger partial charge in [0.15, 0.2) is 0 Å². The molecule has 1 aliphatic carbocycles. The van der Waals surface area contributed by atoms with Crippen LogP contribution in [0.25, 0.3) is 0 Å². The van der Waals surface area contributed by atoms with E-state index in [2.05, 4.69) is 21.8 Å². The zero-order valence-corrected chi connectivity index (χ0v) is 15.8. The van der Waals surface area contributed by atoms with Crippen LogP contribution in [0.15, 0.2) is 34.7 Å². The van der Waals surface area contributed by atoms with Crippen LogP contribution in [0.2, 0.25) is 0 Å². The molecule has 1 aromatic carbocycles. The molecular formula is C17H25N3O5S. The second kappa shape index (κ2) is 11.4. The number of nitrogens with one attached hydrogen (secondary N) is 2. The lowest BCUT2D eigenvalue weighted by molar-refractivity contribution is -0.108. The molecule has 144 valence electrons. The molecule has 8 nitrogen and oxygen atoms in total. The largest absolute Gasteiger partial charge is 0.385 e. The van der Waals surface area contributed by atoms with Gasteiger partial charge in [0.05, 0.1) is 6.04 Å². The van der Waals surface area contributed by atoms with Crippen molar-refractivity contribution in [1.82, 2.24) is 10.6 Å². The summed E-state index contributed by atoms with van der Waals surface area (Å²) in [6.45, 7) is 0.750. The van der Waals surface area contributed by atoms with Gasteiger partial charge in [0.2, 0.25) is 6.41 Å². The number of carbonyl (C=O) groups is 2. The van der Waals surface area contributed by atoms with Gasteiger partial charge in [-0.1, -0.05) is 36.8 Å². The minimum Gasteiger partial charge on any atom is -0.385 e. The molecule has 1 saturated carbocycles. The van der Waals surface area contributed by atoms with Gasteiger partial charge in [-0.2, -0.15) is 12.8 Å². The summed E-state index contributed by atoms with van der Waals surface area (Å²) in [6.07, 6.45) is 4.14. The maximum absolute atomic E-state index is 10.8. The molecule has 0 bridgehead atoms. The molecule has 2 N–H and O–H groups in total. The predicted octanol–water partition coefficient (Wildman–Crippen LogP) is 1.65. The number of hydrogen-bond donors (Lipinski definition) is 2. The molecule has 0 aromatic heterocycles. The van der Waals surface area contributed by atoms with Crippen LogP contribution in [0.1, 0.15) is 31.2 Å². The topological polar surface area (TPSA) is 114 Å². The van der Waals surface area contributed by atoms with Gasteiger partial charge >= 0.3 is 16.5 Å². The SMILES string of the molecule is CNC(=O)NC=O.COCCCCC1(c2ccccc2)CC1N=S(=O)=O. The average Bonchev–Trinajstić information content (AvgIpc) is 3.33. The Hall–Kier alpha value is -2.26.